The van der Waals surface area contributed by atoms with Gasteiger partial charge in [-0.2, -0.15) is 0 Å². The van der Waals surface area contributed by atoms with E-state index in [0.29, 0.717) is 0 Å². The van der Waals surface area contributed by atoms with E-state index in [2.05, 4.69) is 58.1 Å². The molecule has 0 unspecified atom stereocenters. The molecule has 0 aromatic carbocycles. The van der Waals surface area contributed by atoms with Crippen LogP contribution in [0.2, 0.25) is 0 Å². The van der Waals surface area contributed by atoms with Crippen molar-refractivity contribution in [2.75, 3.05) is 0 Å². The lowest BCUT2D eigenvalue weighted by Gasteiger charge is -2.29. The average Bonchev–Trinajstić information content (AvgIpc) is 2.37. The molecule has 0 saturated heterocycles. The zero-order chi connectivity index (χ0) is 15.9. The highest BCUT2D eigenvalue weighted by atomic mass is 16.1. The molecular weight excluding hydrogens is 256 g/mol. The standard InChI is InChI=1S/C20H26O/c1-16(8-6-9-17(2)13-15-21)11-12-19-18(3)10-7-14-20(19,4)5/h6-13,15H,14H2,1-5H3/b9-6-,12-11+,16-8+,17-13+. The largest absolute Gasteiger partial charge is 0.299 e. The van der Waals surface area contributed by atoms with Crippen LogP contribution < -0.4 is 0 Å². The third-order valence-electron chi connectivity index (χ3n) is 3.71. The molecule has 0 N–H and O–H groups in total. The fourth-order valence-corrected chi connectivity index (χ4v) is 2.41. The van der Waals surface area contributed by atoms with Crippen molar-refractivity contribution in [1.82, 2.24) is 0 Å². The first-order chi connectivity index (χ1) is 9.86. The zero-order valence-corrected chi connectivity index (χ0v) is 13.8. The van der Waals surface area contributed by atoms with Crippen LogP contribution in [0.15, 0.2) is 70.9 Å². The van der Waals surface area contributed by atoms with Crippen molar-refractivity contribution in [1.29, 1.82) is 0 Å². The highest BCUT2D eigenvalue weighted by Crippen LogP contribution is 2.37. The Morgan fingerprint density at radius 2 is 1.81 bits per heavy atom. The Balaban J connectivity index is 2.82. The maximum atomic E-state index is 10.3. The van der Waals surface area contributed by atoms with Gasteiger partial charge in [-0.1, -0.05) is 62.0 Å². The Bertz CT molecular complexity index is 561. The number of hydrogen-bond donors (Lipinski definition) is 0. The Hall–Kier alpha value is -1.89. The lowest BCUT2D eigenvalue weighted by atomic mass is 9.75. The van der Waals surface area contributed by atoms with Crippen molar-refractivity contribution >= 4 is 6.29 Å². The summed E-state index contributed by atoms with van der Waals surface area (Å²) in [6.07, 6.45) is 18.3. The summed E-state index contributed by atoms with van der Waals surface area (Å²) in [6.45, 7) is 10.7. The summed E-state index contributed by atoms with van der Waals surface area (Å²) in [4.78, 5) is 10.3. The molecule has 0 spiro atoms. The first-order valence-electron chi connectivity index (χ1n) is 7.40. The molecule has 21 heavy (non-hydrogen) atoms. The number of rotatable bonds is 5. The molecule has 0 heterocycles. The molecule has 1 rings (SSSR count). The van der Waals surface area contributed by atoms with Gasteiger partial charge in [0.05, 0.1) is 0 Å². The van der Waals surface area contributed by atoms with E-state index in [-0.39, 0.29) is 5.41 Å². The average molecular weight is 282 g/mol. The van der Waals surface area contributed by atoms with Crippen LogP contribution in [-0.4, -0.2) is 6.29 Å². The van der Waals surface area contributed by atoms with Crippen molar-refractivity contribution in [2.45, 2.75) is 41.0 Å². The monoisotopic (exact) mass is 282 g/mol. The van der Waals surface area contributed by atoms with Crippen LogP contribution in [0.25, 0.3) is 0 Å². The first-order valence-corrected chi connectivity index (χ1v) is 7.40. The molecule has 0 amide bonds. The summed E-state index contributed by atoms with van der Waals surface area (Å²) in [5, 5.41) is 0. The van der Waals surface area contributed by atoms with Crippen molar-refractivity contribution in [3.8, 4) is 0 Å². The molecule has 0 aromatic heterocycles. The van der Waals surface area contributed by atoms with Gasteiger partial charge in [0.25, 0.3) is 0 Å². The summed E-state index contributed by atoms with van der Waals surface area (Å²) in [6, 6.07) is 0. The van der Waals surface area contributed by atoms with Gasteiger partial charge in [-0.05, 0) is 55.4 Å². The second kappa shape index (κ2) is 7.78. The van der Waals surface area contributed by atoms with Crippen molar-refractivity contribution in [3.05, 3.63) is 70.9 Å². The Kier molecular flexibility index (Phi) is 6.36. The van der Waals surface area contributed by atoms with Gasteiger partial charge < -0.3 is 0 Å². The molecule has 1 aliphatic rings. The summed E-state index contributed by atoms with van der Waals surface area (Å²) in [5.74, 6) is 0. The van der Waals surface area contributed by atoms with E-state index < -0.39 is 0 Å². The van der Waals surface area contributed by atoms with E-state index in [4.69, 9.17) is 0 Å². The first kappa shape index (κ1) is 17.2. The van der Waals surface area contributed by atoms with Crippen LogP contribution in [0.5, 0.6) is 0 Å². The lowest BCUT2D eigenvalue weighted by Crippen LogP contribution is -2.16. The van der Waals surface area contributed by atoms with Crippen LogP contribution in [0.4, 0.5) is 0 Å². The van der Waals surface area contributed by atoms with Crippen LogP contribution in [0.1, 0.15) is 41.0 Å². The fourth-order valence-electron chi connectivity index (χ4n) is 2.41. The van der Waals surface area contributed by atoms with Gasteiger partial charge in [0.1, 0.15) is 6.29 Å². The smallest absolute Gasteiger partial charge is 0.143 e. The van der Waals surface area contributed by atoms with E-state index in [1.807, 2.05) is 19.1 Å². The molecule has 0 bridgehead atoms. The van der Waals surface area contributed by atoms with Gasteiger partial charge >= 0.3 is 0 Å². The molecule has 0 fully saturated rings. The fraction of sp³-hybridized carbons (Fsp3) is 0.350. The molecule has 1 aliphatic carbocycles. The van der Waals surface area contributed by atoms with E-state index in [1.165, 1.54) is 16.7 Å². The van der Waals surface area contributed by atoms with Crippen molar-refractivity contribution < 1.29 is 4.79 Å². The zero-order valence-electron chi connectivity index (χ0n) is 13.8. The number of carbonyl (C=O) groups excluding carboxylic acids is 1. The van der Waals surface area contributed by atoms with Crippen molar-refractivity contribution in [2.24, 2.45) is 5.41 Å². The van der Waals surface area contributed by atoms with Gasteiger partial charge in [-0.3, -0.25) is 4.79 Å². The SMILES string of the molecule is CC1=C(/C=C/C(C)=C/C=C\C(C)=C\C=O)C(C)(C)CC=C1. The van der Waals surface area contributed by atoms with Crippen molar-refractivity contribution in [3.63, 3.8) is 0 Å². The summed E-state index contributed by atoms with van der Waals surface area (Å²) in [5.41, 5.74) is 5.09. The number of aldehydes is 1. The highest BCUT2D eigenvalue weighted by molar-refractivity contribution is 5.66. The number of carbonyl (C=O) groups is 1. The Morgan fingerprint density at radius 1 is 1.14 bits per heavy atom. The number of hydrogen-bond acceptors (Lipinski definition) is 1. The molecule has 1 nitrogen and oxygen atoms in total. The van der Waals surface area contributed by atoms with Gasteiger partial charge in [-0.25, -0.2) is 0 Å². The molecule has 1 heteroatoms. The maximum Gasteiger partial charge on any atom is 0.143 e. The Labute approximate surface area is 129 Å². The predicted octanol–water partition coefficient (Wildman–Crippen LogP) is 5.49. The summed E-state index contributed by atoms with van der Waals surface area (Å²) >= 11 is 0. The van der Waals surface area contributed by atoms with Gasteiger partial charge in [-0.15, -0.1) is 0 Å². The lowest BCUT2D eigenvalue weighted by molar-refractivity contribution is -0.104. The van der Waals surface area contributed by atoms with Gasteiger partial charge in [0.15, 0.2) is 0 Å². The number of allylic oxidation sites excluding steroid dienone is 12. The highest BCUT2D eigenvalue weighted by Gasteiger charge is 2.23. The van der Waals surface area contributed by atoms with Gasteiger partial charge in [0.2, 0.25) is 0 Å². The minimum atomic E-state index is 0.203. The minimum Gasteiger partial charge on any atom is -0.299 e. The van der Waals surface area contributed by atoms with E-state index in [9.17, 15) is 4.79 Å². The Morgan fingerprint density at radius 3 is 2.43 bits per heavy atom. The molecular formula is C20H26O. The summed E-state index contributed by atoms with van der Waals surface area (Å²) in [7, 11) is 0. The van der Waals surface area contributed by atoms with Crippen LogP contribution in [-0.2, 0) is 4.79 Å². The molecule has 0 aromatic rings. The summed E-state index contributed by atoms with van der Waals surface area (Å²) < 4.78 is 0. The van der Waals surface area contributed by atoms with E-state index in [1.54, 1.807) is 6.08 Å². The third-order valence-corrected chi connectivity index (χ3v) is 3.71. The molecule has 112 valence electrons. The quantitative estimate of drug-likeness (QED) is 0.370. The predicted molar refractivity (Wildman–Crippen MR) is 92.1 cm³/mol. The minimum absolute atomic E-state index is 0.203. The van der Waals surface area contributed by atoms with Crippen LogP contribution in [0.3, 0.4) is 0 Å². The molecule has 0 radical (unpaired) electrons. The molecule has 0 atom stereocenters. The van der Waals surface area contributed by atoms with E-state index >= 15 is 0 Å². The second-order valence-electron chi connectivity index (χ2n) is 6.24. The second-order valence-corrected chi connectivity index (χ2v) is 6.24. The normalized spacial score (nSPS) is 19.9. The topological polar surface area (TPSA) is 17.1 Å². The van der Waals surface area contributed by atoms with E-state index in [0.717, 1.165) is 18.3 Å². The maximum absolute atomic E-state index is 10.3. The van der Waals surface area contributed by atoms with Crippen LogP contribution >= 0.6 is 0 Å². The third kappa shape index (κ3) is 5.55. The van der Waals surface area contributed by atoms with Crippen LogP contribution in [0, 0.1) is 5.41 Å². The van der Waals surface area contributed by atoms with Gasteiger partial charge in [0, 0.05) is 0 Å². The molecule has 0 saturated carbocycles. The molecule has 0 aliphatic heterocycles.